The number of ether oxygens (including phenoxy) is 1. The van der Waals surface area contributed by atoms with Crippen molar-refractivity contribution in [1.82, 2.24) is 0 Å². The van der Waals surface area contributed by atoms with Crippen molar-refractivity contribution in [3.63, 3.8) is 0 Å². The van der Waals surface area contributed by atoms with Gasteiger partial charge in [0.25, 0.3) is 11.8 Å². The third kappa shape index (κ3) is 5.76. The summed E-state index contributed by atoms with van der Waals surface area (Å²) in [6.45, 7) is 4.00. The fourth-order valence-electron chi connectivity index (χ4n) is 4.01. The van der Waals surface area contributed by atoms with E-state index in [1.165, 1.54) is 4.90 Å². The summed E-state index contributed by atoms with van der Waals surface area (Å²) < 4.78 is 5.12. The second-order valence-electron chi connectivity index (χ2n) is 8.54. The van der Waals surface area contributed by atoms with Gasteiger partial charge in [-0.3, -0.25) is 9.59 Å². The maximum atomic E-state index is 13.1. The molecule has 0 aliphatic rings. The highest BCUT2D eigenvalue weighted by Gasteiger charge is 2.20. The Labute approximate surface area is 216 Å². The van der Waals surface area contributed by atoms with Gasteiger partial charge in [-0.15, -0.1) is 0 Å². The van der Waals surface area contributed by atoms with Gasteiger partial charge in [-0.1, -0.05) is 60.2 Å². The molecule has 4 aromatic carbocycles. The van der Waals surface area contributed by atoms with Gasteiger partial charge in [0.1, 0.15) is 0 Å². The van der Waals surface area contributed by atoms with Crippen LogP contribution in [0.25, 0.3) is 11.1 Å². The molecule has 1 N–H and O–H groups in total. The number of aryl methyl sites for hydroxylation is 1. The first-order valence-corrected chi connectivity index (χ1v) is 12.0. The third-order valence-corrected chi connectivity index (χ3v) is 5.99. The molecule has 4 rings (SSSR count). The quantitative estimate of drug-likeness (QED) is 0.304. The first-order chi connectivity index (χ1) is 17.9. The van der Waals surface area contributed by atoms with Gasteiger partial charge in [-0.25, -0.2) is 4.79 Å². The second kappa shape index (κ2) is 11.4. The lowest BCUT2D eigenvalue weighted by molar-refractivity contribution is 0.0527. The van der Waals surface area contributed by atoms with Crippen LogP contribution in [-0.2, 0) is 4.74 Å². The maximum absolute atomic E-state index is 13.1. The number of para-hydroxylation sites is 1. The fourth-order valence-corrected chi connectivity index (χ4v) is 4.01. The Bertz CT molecular complexity index is 1430. The summed E-state index contributed by atoms with van der Waals surface area (Å²) >= 11 is 0. The van der Waals surface area contributed by atoms with Gasteiger partial charge in [-0.2, -0.15) is 0 Å². The van der Waals surface area contributed by atoms with Gasteiger partial charge in [0, 0.05) is 23.9 Å². The van der Waals surface area contributed by atoms with Gasteiger partial charge in [-0.05, 0) is 67.4 Å². The molecule has 0 aliphatic heterocycles. The molecule has 0 fully saturated rings. The second-order valence-corrected chi connectivity index (χ2v) is 8.54. The Balaban J connectivity index is 1.51. The number of benzene rings is 4. The zero-order valence-electron chi connectivity index (χ0n) is 21.0. The van der Waals surface area contributed by atoms with Crippen LogP contribution < -0.4 is 10.2 Å². The molecule has 0 saturated carbocycles. The van der Waals surface area contributed by atoms with Gasteiger partial charge < -0.3 is 15.0 Å². The number of nitrogens with zero attached hydrogens (tertiary/aromatic N) is 1. The maximum Gasteiger partial charge on any atom is 0.340 e. The monoisotopic (exact) mass is 492 g/mol. The van der Waals surface area contributed by atoms with E-state index in [0.717, 1.165) is 16.7 Å². The van der Waals surface area contributed by atoms with Gasteiger partial charge in [0.05, 0.1) is 17.9 Å². The number of esters is 1. The number of carbonyl (C=O) groups excluding carboxylic acids is 3. The fraction of sp³-hybridized carbons (Fsp3) is 0.129. The van der Waals surface area contributed by atoms with Crippen molar-refractivity contribution in [2.75, 3.05) is 23.9 Å². The Morgan fingerprint density at radius 1 is 0.784 bits per heavy atom. The third-order valence-electron chi connectivity index (χ3n) is 5.99. The summed E-state index contributed by atoms with van der Waals surface area (Å²) in [5, 5.41) is 2.92. The molecular weight excluding hydrogens is 464 g/mol. The van der Waals surface area contributed by atoms with E-state index in [4.69, 9.17) is 4.74 Å². The molecule has 0 atom stereocenters. The molecule has 6 heteroatoms. The van der Waals surface area contributed by atoms with E-state index in [1.54, 1.807) is 68.6 Å². The van der Waals surface area contributed by atoms with E-state index in [1.807, 2.05) is 49.4 Å². The molecule has 4 aromatic rings. The molecule has 0 aromatic heterocycles. The summed E-state index contributed by atoms with van der Waals surface area (Å²) in [5.74, 6) is -1.02. The average molecular weight is 493 g/mol. The van der Waals surface area contributed by atoms with Crippen molar-refractivity contribution >= 4 is 29.2 Å². The van der Waals surface area contributed by atoms with E-state index >= 15 is 0 Å². The molecule has 0 unspecified atom stereocenters. The van der Waals surface area contributed by atoms with Gasteiger partial charge >= 0.3 is 5.97 Å². The molecule has 0 heterocycles. The molecule has 37 heavy (non-hydrogen) atoms. The topological polar surface area (TPSA) is 75.7 Å². The smallest absolute Gasteiger partial charge is 0.340 e. The largest absolute Gasteiger partial charge is 0.462 e. The van der Waals surface area contributed by atoms with Crippen molar-refractivity contribution in [2.45, 2.75) is 13.8 Å². The Morgan fingerprint density at radius 2 is 1.41 bits per heavy atom. The minimum atomic E-state index is -0.485. The normalized spacial score (nSPS) is 10.5. The summed E-state index contributed by atoms with van der Waals surface area (Å²) in [6, 6.07) is 29.0. The number of hydrogen-bond donors (Lipinski definition) is 1. The van der Waals surface area contributed by atoms with Crippen molar-refractivity contribution in [3.05, 3.63) is 119 Å². The van der Waals surface area contributed by atoms with E-state index in [2.05, 4.69) is 5.32 Å². The minimum absolute atomic E-state index is 0.240. The zero-order chi connectivity index (χ0) is 26.4. The molecule has 0 bridgehead atoms. The number of anilines is 2. The van der Waals surface area contributed by atoms with Crippen LogP contribution in [0, 0.1) is 6.92 Å². The number of carbonyl (C=O) groups is 3. The van der Waals surface area contributed by atoms with Gasteiger partial charge in [0.15, 0.2) is 0 Å². The highest BCUT2D eigenvalue weighted by atomic mass is 16.5. The van der Waals surface area contributed by atoms with Crippen LogP contribution in [-0.4, -0.2) is 31.4 Å². The molecule has 2 amide bonds. The van der Waals surface area contributed by atoms with E-state index in [0.29, 0.717) is 28.1 Å². The molecule has 0 spiro atoms. The van der Waals surface area contributed by atoms with Crippen LogP contribution in [0.5, 0.6) is 0 Å². The van der Waals surface area contributed by atoms with E-state index < -0.39 is 5.97 Å². The molecule has 0 saturated heterocycles. The summed E-state index contributed by atoms with van der Waals surface area (Å²) in [5.41, 5.74) is 5.26. The number of rotatable bonds is 7. The van der Waals surface area contributed by atoms with Crippen LogP contribution in [0.15, 0.2) is 97.1 Å². The van der Waals surface area contributed by atoms with Crippen LogP contribution in [0.4, 0.5) is 11.4 Å². The molecule has 0 radical (unpaired) electrons. The predicted octanol–water partition coefficient (Wildman–Crippen LogP) is 6.37. The van der Waals surface area contributed by atoms with Crippen molar-refractivity contribution < 1.29 is 19.1 Å². The molecule has 186 valence electrons. The minimum Gasteiger partial charge on any atom is -0.462 e. The lowest BCUT2D eigenvalue weighted by Crippen LogP contribution is -2.28. The van der Waals surface area contributed by atoms with Gasteiger partial charge in [0.2, 0.25) is 0 Å². The highest BCUT2D eigenvalue weighted by Crippen LogP contribution is 2.26. The average Bonchev–Trinajstić information content (AvgIpc) is 2.93. The standard InChI is InChI=1S/C31H28N2O4/c1-4-37-31(36)27-11-7-8-12-28(27)33(3)30(35)23-17-19-24(20-18-23)32-29(34)26-10-6-5-9-25(26)22-15-13-21(2)14-16-22/h5-20H,4H2,1-3H3,(H,32,34). The van der Waals surface area contributed by atoms with E-state index in [9.17, 15) is 14.4 Å². The number of amides is 2. The zero-order valence-corrected chi connectivity index (χ0v) is 21.0. The molecular formula is C31H28N2O4. The van der Waals surface area contributed by atoms with Crippen molar-refractivity contribution in [3.8, 4) is 11.1 Å². The SMILES string of the molecule is CCOC(=O)c1ccccc1N(C)C(=O)c1ccc(NC(=O)c2ccccc2-c2ccc(C)cc2)cc1. The first-order valence-electron chi connectivity index (χ1n) is 12.0. The summed E-state index contributed by atoms with van der Waals surface area (Å²) in [4.78, 5) is 40.0. The van der Waals surface area contributed by atoms with E-state index in [-0.39, 0.29) is 18.4 Å². The summed E-state index contributed by atoms with van der Waals surface area (Å²) in [6.07, 6.45) is 0. The van der Waals surface area contributed by atoms with Crippen molar-refractivity contribution in [2.24, 2.45) is 0 Å². The molecule has 6 nitrogen and oxygen atoms in total. The lowest BCUT2D eigenvalue weighted by Gasteiger charge is -2.20. The predicted molar refractivity (Wildman–Crippen MR) is 146 cm³/mol. The van der Waals surface area contributed by atoms with Crippen LogP contribution >= 0.6 is 0 Å². The Hall–Kier alpha value is -4.71. The van der Waals surface area contributed by atoms with Crippen LogP contribution in [0.2, 0.25) is 0 Å². The summed E-state index contributed by atoms with van der Waals surface area (Å²) in [7, 11) is 1.61. The first kappa shape index (κ1) is 25.4. The number of nitrogens with one attached hydrogen (secondary N) is 1. The van der Waals surface area contributed by atoms with Crippen molar-refractivity contribution in [1.29, 1.82) is 0 Å². The van der Waals surface area contributed by atoms with Crippen LogP contribution in [0.3, 0.4) is 0 Å². The lowest BCUT2D eigenvalue weighted by atomic mass is 9.98. The Morgan fingerprint density at radius 3 is 2.08 bits per heavy atom. The highest BCUT2D eigenvalue weighted by molar-refractivity contribution is 6.11. The van der Waals surface area contributed by atoms with Crippen LogP contribution in [0.1, 0.15) is 43.6 Å². The Kier molecular flexibility index (Phi) is 7.79. The number of hydrogen-bond acceptors (Lipinski definition) is 4. The molecule has 0 aliphatic carbocycles.